The molecule has 0 N–H and O–H groups in total. The molecule has 0 amide bonds. The van der Waals surface area contributed by atoms with Gasteiger partial charge in [0.05, 0.1) is 0 Å². The fraction of sp³-hybridized carbons (Fsp3) is 0.556. The maximum absolute atomic E-state index is 2.27. The lowest BCUT2D eigenvalue weighted by Crippen LogP contribution is -2.08. The number of rotatable bonds is 1. The highest BCUT2D eigenvalue weighted by Gasteiger charge is 2.28. The van der Waals surface area contributed by atoms with E-state index in [4.69, 9.17) is 0 Å². The van der Waals surface area contributed by atoms with Crippen LogP contribution in [0.1, 0.15) is 12.8 Å². The second-order valence-electron chi connectivity index (χ2n) is 3.07. The van der Waals surface area contributed by atoms with Gasteiger partial charge in [-0.25, -0.2) is 0 Å². The van der Waals surface area contributed by atoms with Crippen molar-refractivity contribution >= 4 is 10.9 Å². The second-order valence-corrected chi connectivity index (χ2v) is 5.29. The van der Waals surface area contributed by atoms with Crippen molar-refractivity contribution in [1.29, 1.82) is 0 Å². The summed E-state index contributed by atoms with van der Waals surface area (Å²) in [6.45, 7) is 0. The molecule has 0 unspecified atom stereocenters. The Bertz CT molecular complexity index is 235. The maximum Gasteiger partial charge on any atom is 0.227 e. The first-order valence-corrected chi connectivity index (χ1v) is 5.73. The molecule has 1 fully saturated rings. The Labute approximate surface area is 70.8 Å². The van der Waals surface area contributed by atoms with Crippen LogP contribution in [0.3, 0.4) is 0 Å². The van der Waals surface area contributed by atoms with Gasteiger partial charge in [-0.15, -0.1) is 0 Å². The number of nitrogens with zero attached hydrogens (tertiary/aromatic N) is 1. The molecule has 1 aliphatic heterocycles. The van der Waals surface area contributed by atoms with Gasteiger partial charge in [-0.2, -0.15) is 0 Å². The van der Waals surface area contributed by atoms with E-state index >= 15 is 0 Å². The minimum absolute atomic E-state index is 0.592. The summed E-state index contributed by atoms with van der Waals surface area (Å²) in [7, 11) is 2.75. The van der Waals surface area contributed by atoms with Crippen molar-refractivity contribution in [2.45, 2.75) is 17.9 Å². The Hall–Kier alpha value is -0.370. The zero-order chi connectivity index (χ0) is 7.68. The van der Waals surface area contributed by atoms with Crippen LogP contribution >= 0.6 is 0 Å². The summed E-state index contributed by atoms with van der Waals surface area (Å²) in [5.41, 5.74) is 0. The van der Waals surface area contributed by atoms with E-state index in [2.05, 4.69) is 29.9 Å². The number of hydrogen-bond donors (Lipinski definition) is 0. The first kappa shape index (κ1) is 7.29. The normalized spacial score (nSPS) is 19.4. The molecule has 0 saturated carbocycles. The van der Waals surface area contributed by atoms with Crippen molar-refractivity contribution in [3.63, 3.8) is 0 Å². The van der Waals surface area contributed by atoms with Gasteiger partial charge in [0.15, 0.2) is 0 Å². The van der Waals surface area contributed by atoms with Gasteiger partial charge in [0.2, 0.25) is 5.03 Å². The molecule has 0 aromatic carbocycles. The zero-order valence-electron chi connectivity index (χ0n) is 6.92. The van der Waals surface area contributed by atoms with E-state index in [1.807, 2.05) is 0 Å². The summed E-state index contributed by atoms with van der Waals surface area (Å²) in [4.78, 5) is 0. The van der Waals surface area contributed by atoms with Crippen LogP contribution in [0.25, 0.3) is 0 Å². The van der Waals surface area contributed by atoms with Gasteiger partial charge in [-0.3, -0.25) is 0 Å². The lowest BCUT2D eigenvalue weighted by molar-refractivity contribution is 0.825. The molecule has 11 heavy (non-hydrogen) atoms. The van der Waals surface area contributed by atoms with Crippen LogP contribution in [0.5, 0.6) is 0 Å². The number of aryl methyl sites for hydroxylation is 1. The van der Waals surface area contributed by atoms with Crippen LogP contribution in [0.4, 0.5) is 0 Å². The van der Waals surface area contributed by atoms with Crippen LogP contribution in [-0.2, 0) is 17.9 Å². The van der Waals surface area contributed by atoms with E-state index in [0.717, 1.165) is 0 Å². The molecule has 2 heteroatoms. The summed E-state index contributed by atoms with van der Waals surface area (Å²) in [6.07, 6.45) is 5.03. The molecule has 0 bridgehead atoms. The van der Waals surface area contributed by atoms with Gasteiger partial charge in [-0.1, -0.05) is 0 Å². The molecule has 1 aliphatic rings. The fourth-order valence-corrected chi connectivity index (χ4v) is 4.08. The van der Waals surface area contributed by atoms with E-state index < -0.39 is 0 Å². The van der Waals surface area contributed by atoms with E-state index in [-0.39, 0.29) is 0 Å². The third-order valence-electron chi connectivity index (χ3n) is 2.22. The molecule has 60 valence electrons. The molecule has 0 aliphatic carbocycles. The van der Waals surface area contributed by atoms with Gasteiger partial charge in [-0.05, 0) is 18.9 Å². The van der Waals surface area contributed by atoms with Crippen molar-refractivity contribution in [1.82, 2.24) is 4.57 Å². The molecule has 1 aromatic rings. The Morgan fingerprint density at radius 2 is 2.09 bits per heavy atom. The molecular formula is C9H14NS+. The maximum atomic E-state index is 2.27. The summed E-state index contributed by atoms with van der Waals surface area (Å²) in [6, 6.07) is 4.43. The van der Waals surface area contributed by atoms with Crippen molar-refractivity contribution in [2.24, 2.45) is 7.05 Å². The summed E-state index contributed by atoms with van der Waals surface area (Å²) in [5, 5.41) is 1.56. The molecule has 2 heterocycles. The average Bonchev–Trinajstić information content (AvgIpc) is 2.55. The first-order chi connectivity index (χ1) is 5.38. The Kier molecular flexibility index (Phi) is 1.95. The highest BCUT2D eigenvalue weighted by atomic mass is 32.2. The molecule has 2 rings (SSSR count). The quantitative estimate of drug-likeness (QED) is 0.563. The zero-order valence-corrected chi connectivity index (χ0v) is 7.73. The van der Waals surface area contributed by atoms with E-state index in [9.17, 15) is 0 Å². The third kappa shape index (κ3) is 1.32. The molecule has 0 spiro atoms. The third-order valence-corrected chi connectivity index (χ3v) is 4.80. The van der Waals surface area contributed by atoms with Crippen molar-refractivity contribution in [3.05, 3.63) is 18.3 Å². The van der Waals surface area contributed by atoms with Gasteiger partial charge in [0.25, 0.3) is 0 Å². The van der Waals surface area contributed by atoms with Crippen LogP contribution in [-0.4, -0.2) is 16.1 Å². The highest BCUT2D eigenvalue weighted by molar-refractivity contribution is 7.97. The molecule has 0 radical (unpaired) electrons. The van der Waals surface area contributed by atoms with Crippen molar-refractivity contribution in [2.75, 3.05) is 11.5 Å². The molecule has 1 aromatic heterocycles. The SMILES string of the molecule is Cn1cccc1[S+]1CCCC1. The second kappa shape index (κ2) is 2.94. The van der Waals surface area contributed by atoms with Gasteiger partial charge in [0.1, 0.15) is 11.5 Å². The standard InChI is InChI=1S/C9H14NS/c1-10-6-4-5-9(10)11-7-2-3-8-11/h4-6H,2-3,7-8H2,1H3/q+1. The minimum atomic E-state index is 0.592. The topological polar surface area (TPSA) is 4.93 Å². The van der Waals surface area contributed by atoms with Crippen LogP contribution in [0.2, 0.25) is 0 Å². The number of aromatic nitrogens is 1. The summed E-state index contributed by atoms with van der Waals surface area (Å²) >= 11 is 0. The van der Waals surface area contributed by atoms with Gasteiger partial charge < -0.3 is 4.57 Å². The lowest BCUT2D eigenvalue weighted by Gasteiger charge is -1.99. The predicted octanol–water partition coefficient (Wildman–Crippen LogP) is 1.80. The molecular weight excluding hydrogens is 154 g/mol. The number of hydrogen-bond acceptors (Lipinski definition) is 0. The molecule has 1 nitrogen and oxygen atoms in total. The van der Waals surface area contributed by atoms with E-state index in [1.165, 1.54) is 24.3 Å². The van der Waals surface area contributed by atoms with Crippen LogP contribution < -0.4 is 0 Å². The minimum Gasteiger partial charge on any atom is -0.312 e. The predicted molar refractivity (Wildman–Crippen MR) is 50.0 cm³/mol. The fourth-order valence-electron chi connectivity index (χ4n) is 1.61. The first-order valence-electron chi connectivity index (χ1n) is 4.17. The van der Waals surface area contributed by atoms with E-state index in [0.29, 0.717) is 10.9 Å². The lowest BCUT2D eigenvalue weighted by atomic mass is 10.4. The summed E-state index contributed by atoms with van der Waals surface area (Å²) in [5.74, 6) is 2.86. The van der Waals surface area contributed by atoms with Crippen LogP contribution in [0, 0.1) is 0 Å². The van der Waals surface area contributed by atoms with Gasteiger partial charge >= 0.3 is 0 Å². The van der Waals surface area contributed by atoms with Crippen molar-refractivity contribution in [3.8, 4) is 0 Å². The monoisotopic (exact) mass is 168 g/mol. The largest absolute Gasteiger partial charge is 0.312 e. The average molecular weight is 168 g/mol. The van der Waals surface area contributed by atoms with Gasteiger partial charge in [0, 0.05) is 30.2 Å². The smallest absolute Gasteiger partial charge is 0.227 e. The highest BCUT2D eigenvalue weighted by Crippen LogP contribution is 2.22. The molecule has 1 saturated heterocycles. The van der Waals surface area contributed by atoms with E-state index in [1.54, 1.807) is 5.03 Å². The Morgan fingerprint density at radius 1 is 1.36 bits per heavy atom. The van der Waals surface area contributed by atoms with Crippen molar-refractivity contribution < 1.29 is 0 Å². The molecule has 0 atom stereocenters. The summed E-state index contributed by atoms with van der Waals surface area (Å²) < 4.78 is 2.27. The Balaban J connectivity index is 2.21. The van der Waals surface area contributed by atoms with Crippen LogP contribution in [0.15, 0.2) is 23.4 Å². The Morgan fingerprint density at radius 3 is 2.64 bits per heavy atom.